The summed E-state index contributed by atoms with van der Waals surface area (Å²) in [5.41, 5.74) is 0. The Kier molecular flexibility index (Phi) is 61.3. The maximum atomic E-state index is 13.0. The van der Waals surface area contributed by atoms with Crippen LogP contribution in [0.2, 0.25) is 0 Å². The lowest BCUT2D eigenvalue weighted by atomic mass is 10.00. The topological polar surface area (TPSA) is 237 Å². The lowest BCUT2D eigenvalue weighted by Gasteiger charge is -2.21. The van der Waals surface area contributed by atoms with E-state index >= 15 is 0 Å². The molecule has 17 nitrogen and oxygen atoms in total. The highest BCUT2D eigenvalue weighted by Gasteiger charge is 2.30. The standard InChI is InChI=1S/C73H142O17P2/c1-9-66(8)52-44-36-31-32-38-46-54-71(76)84-60-69(89-72(77)55-47-39-29-22-17-13-11-10-12-15-19-25-33-41-49-63(2)3)62-88-92(81,82)86-58-67(74)57-85-91(79,80)87-61-68(90-73(78)56-48-40-30-24-23-27-35-43-51-65(6)7)59-83-70(75)53-45-37-28-21-18-14-16-20-26-34-42-50-64(4)5/h63-69,74H,9-62H2,1-8H3,(H,79,80)(H,81,82)/t66?,67-,68-,69-/m1/s1. The third kappa shape index (κ3) is 65.4. The van der Waals surface area contributed by atoms with E-state index in [0.717, 1.165) is 120 Å². The molecule has 3 N–H and O–H groups in total. The normalized spacial score (nSPS) is 14.5. The monoisotopic (exact) mass is 1350 g/mol. The van der Waals surface area contributed by atoms with Crippen molar-refractivity contribution < 1.29 is 80.2 Å². The zero-order valence-electron chi connectivity index (χ0n) is 60.2. The highest BCUT2D eigenvalue weighted by atomic mass is 31.2. The minimum absolute atomic E-state index is 0.104. The Morgan fingerprint density at radius 2 is 0.522 bits per heavy atom. The largest absolute Gasteiger partial charge is 0.472 e. The van der Waals surface area contributed by atoms with Crippen LogP contribution in [0.1, 0.15) is 364 Å². The number of carbonyl (C=O) groups excluding carboxylic acids is 4. The molecule has 0 heterocycles. The first-order valence-electron chi connectivity index (χ1n) is 37.7. The van der Waals surface area contributed by atoms with Crippen molar-refractivity contribution in [2.24, 2.45) is 23.7 Å². The summed E-state index contributed by atoms with van der Waals surface area (Å²) in [6, 6.07) is 0. The van der Waals surface area contributed by atoms with Crippen LogP contribution in [-0.4, -0.2) is 96.7 Å². The molecule has 0 fully saturated rings. The molecule has 0 saturated carbocycles. The SMILES string of the molecule is CCC(C)CCCCCCCCC(=O)OC[C@H](COP(=O)(O)OC[C@H](O)COP(=O)(O)OC[C@@H](COC(=O)CCCCCCCCCCCCCC(C)C)OC(=O)CCCCCCCCCCC(C)C)OC(=O)CCCCCCCCCCCCCCCCC(C)C. The second-order valence-corrected chi connectivity index (χ2v) is 30.9. The van der Waals surface area contributed by atoms with Crippen LogP contribution in [0.4, 0.5) is 0 Å². The smallest absolute Gasteiger partial charge is 0.462 e. The molecule has 0 saturated heterocycles. The Labute approximate surface area is 562 Å². The minimum atomic E-state index is -4.95. The summed E-state index contributed by atoms with van der Waals surface area (Å²) in [6.45, 7) is 14.1. The van der Waals surface area contributed by atoms with E-state index in [4.69, 9.17) is 37.0 Å². The summed E-state index contributed by atoms with van der Waals surface area (Å²) in [5.74, 6) is 0.888. The van der Waals surface area contributed by atoms with Crippen molar-refractivity contribution >= 4 is 39.5 Å². The second kappa shape index (κ2) is 62.6. The van der Waals surface area contributed by atoms with Gasteiger partial charge >= 0.3 is 39.5 Å². The molecule has 0 aliphatic rings. The van der Waals surface area contributed by atoms with Crippen LogP contribution < -0.4 is 0 Å². The molecule has 0 aliphatic heterocycles. The third-order valence-corrected chi connectivity index (χ3v) is 19.1. The van der Waals surface area contributed by atoms with Crippen LogP contribution in [0.15, 0.2) is 0 Å². The molecule has 0 aromatic carbocycles. The van der Waals surface area contributed by atoms with Gasteiger partial charge in [-0.3, -0.25) is 37.3 Å². The van der Waals surface area contributed by atoms with Gasteiger partial charge in [0.2, 0.25) is 0 Å². The van der Waals surface area contributed by atoms with Gasteiger partial charge in [-0.05, 0) is 49.4 Å². The zero-order chi connectivity index (χ0) is 68.2. The van der Waals surface area contributed by atoms with Crippen molar-refractivity contribution in [3.05, 3.63) is 0 Å². The van der Waals surface area contributed by atoms with E-state index in [9.17, 15) is 43.2 Å². The van der Waals surface area contributed by atoms with Gasteiger partial charge in [-0.25, -0.2) is 9.13 Å². The first kappa shape index (κ1) is 90.1. The number of aliphatic hydroxyl groups excluding tert-OH is 1. The van der Waals surface area contributed by atoms with Crippen LogP contribution in [0.3, 0.4) is 0 Å². The van der Waals surface area contributed by atoms with E-state index in [-0.39, 0.29) is 25.7 Å². The molecule has 92 heavy (non-hydrogen) atoms. The summed E-state index contributed by atoms with van der Waals surface area (Å²) < 4.78 is 68.4. The lowest BCUT2D eigenvalue weighted by molar-refractivity contribution is -0.161. The third-order valence-electron chi connectivity index (χ3n) is 17.2. The molecule has 0 spiro atoms. The number of esters is 4. The van der Waals surface area contributed by atoms with Crippen LogP contribution in [0, 0.1) is 23.7 Å². The average Bonchev–Trinajstić information content (AvgIpc) is 1.82. The van der Waals surface area contributed by atoms with Gasteiger partial charge in [-0.15, -0.1) is 0 Å². The number of hydrogen-bond donors (Lipinski definition) is 3. The fourth-order valence-electron chi connectivity index (χ4n) is 11.0. The molecule has 546 valence electrons. The Morgan fingerprint density at radius 1 is 0.304 bits per heavy atom. The molecule has 0 rings (SSSR count). The fourth-order valence-corrected chi connectivity index (χ4v) is 12.6. The van der Waals surface area contributed by atoms with Crippen molar-refractivity contribution in [1.82, 2.24) is 0 Å². The van der Waals surface area contributed by atoms with Crippen LogP contribution in [0.25, 0.3) is 0 Å². The summed E-state index contributed by atoms with van der Waals surface area (Å²) in [4.78, 5) is 72.7. The Morgan fingerprint density at radius 3 is 0.772 bits per heavy atom. The minimum Gasteiger partial charge on any atom is -0.462 e. The van der Waals surface area contributed by atoms with Gasteiger partial charge < -0.3 is 33.8 Å². The summed E-state index contributed by atoms with van der Waals surface area (Å²) in [6.07, 6.45) is 45.9. The zero-order valence-corrected chi connectivity index (χ0v) is 62.0. The highest BCUT2D eigenvalue weighted by molar-refractivity contribution is 7.47. The second-order valence-electron chi connectivity index (χ2n) is 28.0. The number of aliphatic hydroxyl groups is 1. The number of rotatable bonds is 70. The molecule has 0 aliphatic carbocycles. The first-order valence-corrected chi connectivity index (χ1v) is 40.7. The lowest BCUT2D eigenvalue weighted by Crippen LogP contribution is -2.30. The van der Waals surface area contributed by atoms with Gasteiger partial charge in [0, 0.05) is 25.7 Å². The van der Waals surface area contributed by atoms with Gasteiger partial charge in [0.05, 0.1) is 26.4 Å². The molecule has 0 bridgehead atoms. The maximum absolute atomic E-state index is 13.0. The molecule has 3 unspecified atom stereocenters. The van der Waals surface area contributed by atoms with E-state index in [1.165, 1.54) is 161 Å². The van der Waals surface area contributed by atoms with E-state index < -0.39 is 97.5 Å². The van der Waals surface area contributed by atoms with E-state index in [1.807, 2.05) is 0 Å². The predicted molar refractivity (Wildman–Crippen MR) is 372 cm³/mol. The quantitative estimate of drug-likeness (QED) is 0.0222. The summed E-state index contributed by atoms with van der Waals surface area (Å²) in [7, 11) is -9.91. The van der Waals surface area contributed by atoms with E-state index in [2.05, 4.69) is 55.4 Å². The van der Waals surface area contributed by atoms with E-state index in [1.54, 1.807) is 0 Å². The van der Waals surface area contributed by atoms with Gasteiger partial charge in [0.15, 0.2) is 12.2 Å². The number of unbranched alkanes of at least 4 members (excludes halogenated alkanes) is 35. The van der Waals surface area contributed by atoms with Crippen molar-refractivity contribution in [3.63, 3.8) is 0 Å². The molecule has 0 aromatic rings. The molecule has 19 heteroatoms. The molecule has 0 aromatic heterocycles. The molecule has 0 radical (unpaired) electrons. The fraction of sp³-hybridized carbons (Fsp3) is 0.945. The molecular weight excluding hydrogens is 1210 g/mol. The van der Waals surface area contributed by atoms with Crippen LogP contribution in [0.5, 0.6) is 0 Å². The van der Waals surface area contributed by atoms with Gasteiger partial charge in [0.1, 0.15) is 19.3 Å². The first-order chi connectivity index (χ1) is 44.1. The van der Waals surface area contributed by atoms with Crippen molar-refractivity contribution in [3.8, 4) is 0 Å². The van der Waals surface area contributed by atoms with Gasteiger partial charge in [0.25, 0.3) is 0 Å². The van der Waals surface area contributed by atoms with Crippen LogP contribution in [-0.2, 0) is 65.4 Å². The highest BCUT2D eigenvalue weighted by Crippen LogP contribution is 2.45. The number of phosphoric ester groups is 2. The Balaban J connectivity index is 5.23. The van der Waals surface area contributed by atoms with Crippen molar-refractivity contribution in [2.75, 3.05) is 39.6 Å². The van der Waals surface area contributed by atoms with Crippen molar-refractivity contribution in [2.45, 2.75) is 382 Å². The van der Waals surface area contributed by atoms with Gasteiger partial charge in [-0.1, -0.05) is 312 Å². The predicted octanol–water partition coefficient (Wildman–Crippen LogP) is 20.9. The molecular formula is C73H142O17P2. The molecule has 0 amide bonds. The number of carbonyl (C=O) groups is 4. The molecule has 6 atom stereocenters. The van der Waals surface area contributed by atoms with Gasteiger partial charge in [-0.2, -0.15) is 0 Å². The Bertz CT molecular complexity index is 1820. The number of ether oxygens (including phenoxy) is 4. The Hall–Kier alpha value is -1.94. The number of phosphoric acid groups is 2. The van der Waals surface area contributed by atoms with Crippen molar-refractivity contribution in [1.29, 1.82) is 0 Å². The maximum Gasteiger partial charge on any atom is 0.472 e. The number of hydrogen-bond acceptors (Lipinski definition) is 15. The summed E-state index contributed by atoms with van der Waals surface area (Å²) >= 11 is 0. The average molecular weight is 1350 g/mol. The van der Waals surface area contributed by atoms with Crippen LogP contribution >= 0.6 is 15.6 Å². The van der Waals surface area contributed by atoms with E-state index in [0.29, 0.717) is 25.7 Å². The summed E-state index contributed by atoms with van der Waals surface area (Å²) in [5, 5.41) is 10.6.